The van der Waals surface area contributed by atoms with Crippen molar-refractivity contribution in [2.45, 2.75) is 38.5 Å². The Hall–Kier alpha value is -8.20. The molecule has 0 spiro atoms. The van der Waals surface area contributed by atoms with Crippen LogP contribution in [0.15, 0.2) is 231 Å². The number of hydrogen-bond donors (Lipinski definition) is 0. The van der Waals surface area contributed by atoms with Gasteiger partial charge in [-0.2, -0.15) is 0 Å². The fraction of sp³-hybridized carbons (Fsp3) is 0.0909. The van der Waals surface area contributed by atoms with Crippen molar-refractivity contribution in [3.8, 4) is 61.3 Å². The first-order chi connectivity index (χ1) is 33.2. The molecule has 68 heavy (non-hydrogen) atoms. The zero-order chi connectivity index (χ0) is 45.7. The van der Waals surface area contributed by atoms with Crippen LogP contribution in [0.25, 0.3) is 83.1 Å². The molecule has 0 N–H and O–H groups in total. The SMILES string of the molecule is CC1(C)c2ccccc2-c2ccc(N(c3ccc(-c4ccc(-c5ccc6c7ccccc7n(-c7ccccc7)c6c5)cc4-c4ccccc4)cc3)c3ccc4c(c3)C(C)(C)c3ccccc3-4)cc21. The lowest BCUT2D eigenvalue weighted by Crippen LogP contribution is -2.18. The molecule has 324 valence electrons. The van der Waals surface area contributed by atoms with Gasteiger partial charge >= 0.3 is 0 Å². The fourth-order valence-corrected chi connectivity index (χ4v) is 11.7. The van der Waals surface area contributed by atoms with Gasteiger partial charge in [0.15, 0.2) is 0 Å². The third-order valence-electron chi connectivity index (χ3n) is 15.2. The Bertz CT molecular complexity index is 3670. The molecule has 13 rings (SSSR count). The molecule has 0 aliphatic heterocycles. The molecule has 2 nitrogen and oxygen atoms in total. The van der Waals surface area contributed by atoms with Gasteiger partial charge < -0.3 is 9.47 Å². The van der Waals surface area contributed by atoms with Crippen molar-refractivity contribution in [3.63, 3.8) is 0 Å². The largest absolute Gasteiger partial charge is 0.310 e. The minimum absolute atomic E-state index is 0.120. The van der Waals surface area contributed by atoms with Crippen LogP contribution >= 0.6 is 0 Å². The van der Waals surface area contributed by atoms with Gasteiger partial charge in [-0.15, -0.1) is 0 Å². The number of anilines is 3. The van der Waals surface area contributed by atoms with E-state index in [-0.39, 0.29) is 10.8 Å². The number of rotatable bonds is 7. The first kappa shape index (κ1) is 40.1. The van der Waals surface area contributed by atoms with Crippen LogP contribution < -0.4 is 4.90 Å². The van der Waals surface area contributed by atoms with E-state index in [9.17, 15) is 0 Å². The number of fused-ring (bicyclic) bond motifs is 9. The molecule has 2 heteroatoms. The van der Waals surface area contributed by atoms with Gasteiger partial charge in [-0.3, -0.25) is 0 Å². The molecule has 2 aliphatic carbocycles. The van der Waals surface area contributed by atoms with Gasteiger partial charge in [-0.1, -0.05) is 191 Å². The van der Waals surface area contributed by atoms with Crippen molar-refractivity contribution >= 4 is 38.9 Å². The van der Waals surface area contributed by atoms with E-state index in [2.05, 4.69) is 268 Å². The Morgan fingerprint density at radius 2 is 0.750 bits per heavy atom. The summed E-state index contributed by atoms with van der Waals surface area (Å²) in [5.41, 5.74) is 24.7. The van der Waals surface area contributed by atoms with Crippen LogP contribution in [0.3, 0.4) is 0 Å². The lowest BCUT2D eigenvalue weighted by atomic mass is 9.82. The van der Waals surface area contributed by atoms with Crippen molar-refractivity contribution in [2.75, 3.05) is 4.90 Å². The number of nitrogens with zero attached hydrogens (tertiary/aromatic N) is 2. The van der Waals surface area contributed by atoms with Gasteiger partial charge in [0, 0.05) is 44.4 Å². The summed E-state index contributed by atoms with van der Waals surface area (Å²) >= 11 is 0. The fourth-order valence-electron chi connectivity index (χ4n) is 11.7. The highest BCUT2D eigenvalue weighted by Gasteiger charge is 2.37. The number of hydrogen-bond acceptors (Lipinski definition) is 1. The molecule has 0 fully saturated rings. The van der Waals surface area contributed by atoms with Crippen molar-refractivity contribution in [3.05, 3.63) is 253 Å². The Morgan fingerprint density at radius 3 is 1.40 bits per heavy atom. The van der Waals surface area contributed by atoms with Gasteiger partial charge in [0.2, 0.25) is 0 Å². The maximum atomic E-state index is 2.47. The topological polar surface area (TPSA) is 8.17 Å². The zero-order valence-electron chi connectivity index (χ0n) is 38.8. The summed E-state index contributed by atoms with van der Waals surface area (Å²) in [4.78, 5) is 2.47. The second-order valence-electron chi connectivity index (χ2n) is 19.7. The van der Waals surface area contributed by atoms with E-state index in [0.717, 1.165) is 22.7 Å². The number of para-hydroxylation sites is 2. The molecule has 0 saturated carbocycles. The predicted octanol–water partition coefficient (Wildman–Crippen LogP) is 17.9. The first-order valence-corrected chi connectivity index (χ1v) is 23.9. The maximum Gasteiger partial charge on any atom is 0.0547 e. The second-order valence-corrected chi connectivity index (χ2v) is 19.7. The molecule has 0 atom stereocenters. The van der Waals surface area contributed by atoms with E-state index >= 15 is 0 Å². The van der Waals surface area contributed by atoms with Crippen LogP contribution in [0.5, 0.6) is 0 Å². The Morgan fingerprint density at radius 1 is 0.294 bits per heavy atom. The molecule has 1 heterocycles. The van der Waals surface area contributed by atoms with Gasteiger partial charge in [-0.25, -0.2) is 0 Å². The van der Waals surface area contributed by atoms with Crippen LogP contribution in [0.4, 0.5) is 17.1 Å². The van der Waals surface area contributed by atoms with E-state index < -0.39 is 0 Å². The van der Waals surface area contributed by atoms with Crippen LogP contribution in [0, 0.1) is 0 Å². The summed E-state index contributed by atoms with van der Waals surface area (Å²) in [6, 6.07) is 85.6. The quantitative estimate of drug-likeness (QED) is 0.155. The monoisotopic (exact) mass is 870 g/mol. The predicted molar refractivity (Wildman–Crippen MR) is 287 cm³/mol. The Balaban J connectivity index is 0.933. The Labute approximate surface area is 399 Å². The van der Waals surface area contributed by atoms with E-state index in [0.29, 0.717) is 0 Å². The van der Waals surface area contributed by atoms with Crippen molar-refractivity contribution in [1.82, 2.24) is 4.57 Å². The molecule has 10 aromatic carbocycles. The molecule has 0 bridgehead atoms. The normalized spacial score (nSPS) is 13.8. The molecule has 0 radical (unpaired) electrons. The lowest BCUT2D eigenvalue weighted by molar-refractivity contribution is 0.660. The molecule has 0 unspecified atom stereocenters. The molecule has 0 amide bonds. The van der Waals surface area contributed by atoms with Crippen molar-refractivity contribution in [2.24, 2.45) is 0 Å². The molecule has 11 aromatic rings. The van der Waals surface area contributed by atoms with Gasteiger partial charge in [0.05, 0.1) is 11.0 Å². The molecule has 2 aliphatic rings. The average molecular weight is 871 g/mol. The van der Waals surface area contributed by atoms with Gasteiger partial charge in [0.1, 0.15) is 0 Å². The van der Waals surface area contributed by atoms with Crippen LogP contribution in [0.2, 0.25) is 0 Å². The summed E-state index contributed by atoms with van der Waals surface area (Å²) in [5.74, 6) is 0. The minimum atomic E-state index is -0.120. The van der Waals surface area contributed by atoms with E-state index in [1.54, 1.807) is 0 Å². The van der Waals surface area contributed by atoms with Gasteiger partial charge in [-0.05, 0) is 145 Å². The number of benzene rings is 10. The van der Waals surface area contributed by atoms with Crippen LogP contribution in [-0.2, 0) is 10.8 Å². The highest BCUT2D eigenvalue weighted by atomic mass is 15.1. The summed E-state index contributed by atoms with van der Waals surface area (Å²) in [5, 5.41) is 2.51. The molecular weight excluding hydrogens is 821 g/mol. The lowest BCUT2D eigenvalue weighted by Gasteiger charge is -2.30. The van der Waals surface area contributed by atoms with E-state index in [4.69, 9.17) is 0 Å². The highest BCUT2D eigenvalue weighted by Crippen LogP contribution is 2.53. The number of aromatic nitrogens is 1. The Kier molecular flexibility index (Phi) is 8.95. The van der Waals surface area contributed by atoms with Crippen LogP contribution in [-0.4, -0.2) is 4.57 Å². The molecule has 0 saturated heterocycles. The van der Waals surface area contributed by atoms with Crippen LogP contribution in [0.1, 0.15) is 49.9 Å². The molecule has 1 aromatic heterocycles. The van der Waals surface area contributed by atoms with Crippen molar-refractivity contribution in [1.29, 1.82) is 0 Å². The second kappa shape index (κ2) is 15.2. The van der Waals surface area contributed by atoms with Gasteiger partial charge in [0.25, 0.3) is 0 Å². The van der Waals surface area contributed by atoms with E-state index in [1.807, 2.05) is 0 Å². The average Bonchev–Trinajstić information content (AvgIpc) is 3.93. The summed E-state index contributed by atoms with van der Waals surface area (Å²) < 4.78 is 2.40. The van der Waals surface area contributed by atoms with Crippen molar-refractivity contribution < 1.29 is 0 Å². The molecular formula is C66H50N2. The first-order valence-electron chi connectivity index (χ1n) is 23.9. The smallest absolute Gasteiger partial charge is 0.0547 e. The third-order valence-corrected chi connectivity index (χ3v) is 15.2. The highest BCUT2D eigenvalue weighted by molar-refractivity contribution is 6.10. The van der Waals surface area contributed by atoms with E-state index in [1.165, 1.54) is 99.7 Å². The minimum Gasteiger partial charge on any atom is -0.310 e. The summed E-state index contributed by atoms with van der Waals surface area (Å²) in [6.07, 6.45) is 0. The maximum absolute atomic E-state index is 2.47. The summed E-state index contributed by atoms with van der Waals surface area (Å²) in [6.45, 7) is 9.48. The summed E-state index contributed by atoms with van der Waals surface area (Å²) in [7, 11) is 0. The standard InChI is InChI=1S/C66H50N2/c1-65(2)59-24-14-11-21-52(59)54-37-33-49(41-61(54)65)67(50-34-38-55-53-22-12-15-25-60(53)66(3,4)62(55)42-50)48-31-27-44(28-32-48)51-35-29-45(39-58(51)43-17-7-5-8-18-43)46-30-36-57-56-23-13-16-26-63(56)68(64(57)40-46)47-19-9-6-10-20-47/h5-42H,1-4H3. The zero-order valence-corrected chi connectivity index (χ0v) is 38.8. The third kappa shape index (κ3) is 6.10.